The number of nitrogens with zero attached hydrogens (tertiary/aromatic N) is 1. The molecular formula is C11H10ClNO2. The van der Waals surface area contributed by atoms with E-state index in [1.54, 1.807) is 6.92 Å². The summed E-state index contributed by atoms with van der Waals surface area (Å²) in [6.45, 7) is 1.73. The van der Waals surface area contributed by atoms with Gasteiger partial charge in [-0.2, -0.15) is 0 Å². The molecule has 0 bridgehead atoms. The second-order valence-electron chi connectivity index (χ2n) is 2.98. The minimum atomic E-state index is -0.481. The van der Waals surface area contributed by atoms with Gasteiger partial charge in [-0.15, -0.1) is 12.3 Å². The standard InChI is InChI=1S/C11H10ClNO2/c1-3-4-8(2)15-11(14)9-5-6-13-7-10(9)12/h1,5-8H,4H2,2H3/t8-/m1/s1. The Kier molecular flexibility index (Phi) is 4.14. The Labute approximate surface area is 93.4 Å². The Balaban J connectivity index is 2.70. The van der Waals surface area contributed by atoms with Gasteiger partial charge in [-0.1, -0.05) is 11.6 Å². The molecule has 0 aliphatic rings. The van der Waals surface area contributed by atoms with Gasteiger partial charge in [0.25, 0.3) is 0 Å². The van der Waals surface area contributed by atoms with Crippen molar-refractivity contribution in [2.45, 2.75) is 19.4 Å². The van der Waals surface area contributed by atoms with E-state index in [0.29, 0.717) is 12.0 Å². The van der Waals surface area contributed by atoms with E-state index in [-0.39, 0.29) is 11.1 Å². The van der Waals surface area contributed by atoms with Gasteiger partial charge < -0.3 is 4.74 Å². The highest BCUT2D eigenvalue weighted by molar-refractivity contribution is 6.33. The van der Waals surface area contributed by atoms with Crippen LogP contribution in [0.3, 0.4) is 0 Å². The quantitative estimate of drug-likeness (QED) is 0.583. The van der Waals surface area contributed by atoms with Crippen molar-refractivity contribution in [1.29, 1.82) is 0 Å². The predicted octanol–water partition coefficient (Wildman–Crippen LogP) is 2.30. The van der Waals surface area contributed by atoms with Crippen LogP contribution in [-0.2, 0) is 4.74 Å². The molecule has 4 heteroatoms. The van der Waals surface area contributed by atoms with Crippen molar-refractivity contribution in [2.24, 2.45) is 0 Å². The molecule has 1 aromatic rings. The number of rotatable bonds is 3. The highest BCUT2D eigenvalue weighted by Crippen LogP contribution is 2.15. The third kappa shape index (κ3) is 3.26. The average molecular weight is 224 g/mol. The second kappa shape index (κ2) is 5.38. The van der Waals surface area contributed by atoms with Crippen LogP contribution in [0.2, 0.25) is 5.02 Å². The topological polar surface area (TPSA) is 39.2 Å². The number of pyridine rings is 1. The number of ether oxygens (including phenoxy) is 1. The van der Waals surface area contributed by atoms with Gasteiger partial charge in [0, 0.05) is 18.8 Å². The lowest BCUT2D eigenvalue weighted by Crippen LogP contribution is -2.14. The first-order valence-electron chi connectivity index (χ1n) is 4.39. The van der Waals surface area contributed by atoms with E-state index in [1.807, 2.05) is 0 Å². The minimum absolute atomic E-state index is 0.274. The monoisotopic (exact) mass is 223 g/mol. The van der Waals surface area contributed by atoms with Crippen LogP contribution >= 0.6 is 11.6 Å². The molecule has 0 saturated carbocycles. The molecule has 78 valence electrons. The molecule has 1 rings (SSSR count). The summed E-state index contributed by atoms with van der Waals surface area (Å²) in [6, 6.07) is 1.51. The fourth-order valence-electron chi connectivity index (χ4n) is 0.995. The van der Waals surface area contributed by atoms with Crippen molar-refractivity contribution >= 4 is 17.6 Å². The lowest BCUT2D eigenvalue weighted by molar-refractivity contribution is 0.0352. The molecule has 0 aliphatic carbocycles. The lowest BCUT2D eigenvalue weighted by Gasteiger charge is -2.10. The largest absolute Gasteiger partial charge is 0.458 e. The van der Waals surface area contributed by atoms with Crippen molar-refractivity contribution in [3.05, 3.63) is 29.0 Å². The molecule has 1 aromatic heterocycles. The minimum Gasteiger partial charge on any atom is -0.458 e. The third-order valence-electron chi connectivity index (χ3n) is 1.71. The molecule has 3 nitrogen and oxygen atoms in total. The summed E-state index contributed by atoms with van der Waals surface area (Å²) < 4.78 is 5.06. The maximum atomic E-state index is 11.5. The Morgan fingerprint density at radius 2 is 2.53 bits per heavy atom. The third-order valence-corrected chi connectivity index (χ3v) is 2.01. The van der Waals surface area contributed by atoms with E-state index < -0.39 is 5.97 Å². The molecule has 0 saturated heterocycles. The van der Waals surface area contributed by atoms with Gasteiger partial charge in [-0.3, -0.25) is 4.98 Å². The molecule has 1 atom stereocenters. The molecule has 0 unspecified atom stereocenters. The van der Waals surface area contributed by atoms with Crippen LogP contribution in [0.4, 0.5) is 0 Å². The fraction of sp³-hybridized carbons (Fsp3) is 0.273. The molecule has 0 N–H and O–H groups in total. The van der Waals surface area contributed by atoms with Crippen molar-refractivity contribution in [3.63, 3.8) is 0 Å². The molecule has 15 heavy (non-hydrogen) atoms. The maximum absolute atomic E-state index is 11.5. The van der Waals surface area contributed by atoms with Crippen LogP contribution in [0.25, 0.3) is 0 Å². The first kappa shape index (κ1) is 11.5. The number of carbonyl (C=O) groups is 1. The molecule has 0 amide bonds. The Bertz CT molecular complexity index is 398. The van der Waals surface area contributed by atoms with E-state index >= 15 is 0 Å². The van der Waals surface area contributed by atoms with Crippen molar-refractivity contribution < 1.29 is 9.53 Å². The van der Waals surface area contributed by atoms with Crippen LogP contribution < -0.4 is 0 Å². The van der Waals surface area contributed by atoms with E-state index in [4.69, 9.17) is 22.8 Å². The summed E-state index contributed by atoms with van der Waals surface area (Å²) in [4.78, 5) is 15.3. The average Bonchev–Trinajstić information content (AvgIpc) is 2.18. The smallest absolute Gasteiger partial charge is 0.340 e. The zero-order valence-corrected chi connectivity index (χ0v) is 8.99. The van der Waals surface area contributed by atoms with Crippen molar-refractivity contribution in [3.8, 4) is 12.3 Å². The summed E-state index contributed by atoms with van der Waals surface area (Å²) >= 11 is 5.78. The molecule has 0 spiro atoms. The summed E-state index contributed by atoms with van der Waals surface area (Å²) in [7, 11) is 0. The molecule has 1 heterocycles. The van der Waals surface area contributed by atoms with Crippen LogP contribution in [0.5, 0.6) is 0 Å². The Morgan fingerprint density at radius 3 is 3.13 bits per heavy atom. The highest BCUT2D eigenvalue weighted by atomic mass is 35.5. The number of aromatic nitrogens is 1. The van der Waals surface area contributed by atoms with Gasteiger partial charge in [0.15, 0.2) is 0 Å². The van der Waals surface area contributed by atoms with Crippen molar-refractivity contribution in [2.75, 3.05) is 0 Å². The van der Waals surface area contributed by atoms with Gasteiger partial charge in [-0.05, 0) is 13.0 Å². The van der Waals surface area contributed by atoms with E-state index in [2.05, 4.69) is 10.9 Å². The molecule has 0 aromatic carbocycles. The lowest BCUT2D eigenvalue weighted by atomic mass is 10.2. The van der Waals surface area contributed by atoms with Gasteiger partial charge in [0.2, 0.25) is 0 Å². The number of terminal acetylenes is 1. The van der Waals surface area contributed by atoms with Gasteiger partial charge in [0.05, 0.1) is 10.6 Å². The Morgan fingerprint density at radius 1 is 1.80 bits per heavy atom. The number of esters is 1. The number of halogens is 1. The fourth-order valence-corrected chi connectivity index (χ4v) is 1.19. The SMILES string of the molecule is C#CC[C@@H](C)OC(=O)c1ccncc1Cl. The summed E-state index contributed by atoms with van der Waals surface area (Å²) in [5.74, 6) is 1.94. The molecule has 0 fully saturated rings. The summed E-state index contributed by atoms with van der Waals surface area (Å²) in [5, 5.41) is 0.274. The van der Waals surface area contributed by atoms with Gasteiger partial charge in [-0.25, -0.2) is 4.79 Å². The molecule has 0 aliphatic heterocycles. The second-order valence-corrected chi connectivity index (χ2v) is 3.39. The number of hydrogen-bond donors (Lipinski definition) is 0. The zero-order valence-electron chi connectivity index (χ0n) is 8.24. The highest BCUT2D eigenvalue weighted by Gasteiger charge is 2.14. The first-order valence-corrected chi connectivity index (χ1v) is 4.77. The first-order chi connectivity index (χ1) is 7.15. The van der Waals surface area contributed by atoms with Crippen LogP contribution in [0.1, 0.15) is 23.7 Å². The van der Waals surface area contributed by atoms with Crippen molar-refractivity contribution in [1.82, 2.24) is 4.98 Å². The van der Waals surface area contributed by atoms with Crippen LogP contribution in [0.15, 0.2) is 18.5 Å². The normalized spacial score (nSPS) is 11.5. The Hall–Kier alpha value is -1.53. The van der Waals surface area contributed by atoms with E-state index in [1.165, 1.54) is 18.5 Å². The van der Waals surface area contributed by atoms with Gasteiger partial charge >= 0.3 is 5.97 Å². The summed E-state index contributed by atoms with van der Waals surface area (Å²) in [6.07, 6.45) is 8.04. The van der Waals surface area contributed by atoms with E-state index in [0.717, 1.165) is 0 Å². The molecule has 0 radical (unpaired) electrons. The zero-order chi connectivity index (χ0) is 11.3. The van der Waals surface area contributed by atoms with E-state index in [9.17, 15) is 4.79 Å². The number of carbonyl (C=O) groups excluding carboxylic acids is 1. The number of hydrogen-bond acceptors (Lipinski definition) is 3. The molecular weight excluding hydrogens is 214 g/mol. The predicted molar refractivity (Wildman–Crippen MR) is 57.6 cm³/mol. The maximum Gasteiger partial charge on any atom is 0.340 e. The van der Waals surface area contributed by atoms with Crippen LogP contribution in [0, 0.1) is 12.3 Å². The van der Waals surface area contributed by atoms with Gasteiger partial charge in [0.1, 0.15) is 6.10 Å². The van der Waals surface area contributed by atoms with Crippen LogP contribution in [-0.4, -0.2) is 17.1 Å². The summed E-state index contributed by atoms with van der Waals surface area (Å²) in [5.41, 5.74) is 0.301.